The molecule has 3 aromatic rings. The predicted molar refractivity (Wildman–Crippen MR) is 75.3 cm³/mol. The quantitative estimate of drug-likeness (QED) is 0.655. The standard InChI is InChI=1S/C16H14N2O/c1-11-15(10-17-18(11)2)16(19)14-9-5-7-12-6-3-4-8-13(12)14/h3-10H,1-2H3. The number of rotatable bonds is 2. The summed E-state index contributed by atoms with van der Waals surface area (Å²) in [5, 5.41) is 6.20. The molecule has 0 saturated heterocycles. The number of aromatic nitrogens is 2. The number of carbonyl (C=O) groups is 1. The summed E-state index contributed by atoms with van der Waals surface area (Å²) in [6, 6.07) is 13.7. The van der Waals surface area contributed by atoms with Gasteiger partial charge in [0.15, 0.2) is 5.78 Å². The summed E-state index contributed by atoms with van der Waals surface area (Å²) in [6.07, 6.45) is 1.64. The molecule has 0 spiro atoms. The Morgan fingerprint density at radius 3 is 2.53 bits per heavy atom. The molecule has 0 aliphatic carbocycles. The molecule has 0 N–H and O–H groups in total. The van der Waals surface area contributed by atoms with Crippen molar-refractivity contribution in [2.24, 2.45) is 7.05 Å². The Morgan fingerprint density at radius 1 is 1.05 bits per heavy atom. The minimum atomic E-state index is 0.0300. The molecule has 3 nitrogen and oxygen atoms in total. The first-order valence-corrected chi connectivity index (χ1v) is 6.19. The maximum absolute atomic E-state index is 12.6. The molecule has 0 bridgehead atoms. The second-order valence-electron chi connectivity index (χ2n) is 4.62. The van der Waals surface area contributed by atoms with Gasteiger partial charge < -0.3 is 0 Å². The van der Waals surface area contributed by atoms with E-state index in [0.29, 0.717) is 5.56 Å². The highest BCUT2D eigenvalue weighted by Gasteiger charge is 2.16. The van der Waals surface area contributed by atoms with Gasteiger partial charge in [-0.15, -0.1) is 0 Å². The van der Waals surface area contributed by atoms with Crippen LogP contribution >= 0.6 is 0 Å². The van der Waals surface area contributed by atoms with Crippen LogP contribution in [-0.4, -0.2) is 15.6 Å². The number of aryl methyl sites for hydroxylation is 1. The molecule has 0 aliphatic rings. The van der Waals surface area contributed by atoms with Crippen LogP contribution in [0, 0.1) is 6.92 Å². The van der Waals surface area contributed by atoms with Crippen molar-refractivity contribution in [1.82, 2.24) is 9.78 Å². The molecule has 0 atom stereocenters. The molecule has 3 rings (SSSR count). The molecule has 0 radical (unpaired) electrons. The van der Waals surface area contributed by atoms with Crippen LogP contribution in [-0.2, 0) is 7.05 Å². The first-order valence-electron chi connectivity index (χ1n) is 6.19. The first-order chi connectivity index (χ1) is 9.18. The van der Waals surface area contributed by atoms with Crippen molar-refractivity contribution in [3.8, 4) is 0 Å². The summed E-state index contributed by atoms with van der Waals surface area (Å²) >= 11 is 0. The van der Waals surface area contributed by atoms with E-state index in [-0.39, 0.29) is 5.78 Å². The van der Waals surface area contributed by atoms with Crippen LogP contribution in [0.2, 0.25) is 0 Å². The second-order valence-corrected chi connectivity index (χ2v) is 4.62. The fraction of sp³-hybridized carbons (Fsp3) is 0.125. The monoisotopic (exact) mass is 250 g/mol. The molecule has 1 heterocycles. The second kappa shape index (κ2) is 4.35. The van der Waals surface area contributed by atoms with Crippen LogP contribution in [0.1, 0.15) is 21.6 Å². The zero-order valence-corrected chi connectivity index (χ0v) is 10.9. The van der Waals surface area contributed by atoms with Crippen molar-refractivity contribution in [2.75, 3.05) is 0 Å². The fourth-order valence-electron chi connectivity index (χ4n) is 2.29. The molecule has 0 unspecified atom stereocenters. The van der Waals surface area contributed by atoms with E-state index in [2.05, 4.69) is 5.10 Å². The lowest BCUT2D eigenvalue weighted by Gasteiger charge is -2.05. The number of hydrogen-bond donors (Lipinski definition) is 0. The number of nitrogens with zero attached hydrogens (tertiary/aromatic N) is 2. The summed E-state index contributed by atoms with van der Waals surface area (Å²) < 4.78 is 1.72. The SMILES string of the molecule is Cc1c(C(=O)c2cccc3ccccc23)cnn1C. The third kappa shape index (κ3) is 1.83. The number of hydrogen-bond acceptors (Lipinski definition) is 2. The Labute approximate surface area is 111 Å². The van der Waals surface area contributed by atoms with Crippen molar-refractivity contribution in [3.63, 3.8) is 0 Å². The maximum atomic E-state index is 12.6. The smallest absolute Gasteiger partial charge is 0.197 e. The summed E-state index contributed by atoms with van der Waals surface area (Å²) in [4.78, 5) is 12.6. The number of ketones is 1. The van der Waals surface area contributed by atoms with Gasteiger partial charge in [-0.25, -0.2) is 0 Å². The zero-order chi connectivity index (χ0) is 13.4. The van der Waals surface area contributed by atoms with Gasteiger partial charge in [0.05, 0.1) is 11.8 Å². The van der Waals surface area contributed by atoms with Gasteiger partial charge in [0.25, 0.3) is 0 Å². The van der Waals surface area contributed by atoms with Gasteiger partial charge in [-0.05, 0) is 17.7 Å². The molecular weight excluding hydrogens is 236 g/mol. The molecule has 3 heteroatoms. The van der Waals surface area contributed by atoms with Crippen LogP contribution in [0.15, 0.2) is 48.7 Å². The van der Waals surface area contributed by atoms with E-state index in [4.69, 9.17) is 0 Å². The first kappa shape index (κ1) is 11.7. The summed E-state index contributed by atoms with van der Waals surface area (Å²) in [6.45, 7) is 1.91. The Hall–Kier alpha value is -2.42. The highest BCUT2D eigenvalue weighted by molar-refractivity contribution is 6.16. The minimum Gasteiger partial charge on any atom is -0.288 e. The van der Waals surface area contributed by atoms with Crippen molar-refractivity contribution in [2.45, 2.75) is 6.92 Å². The number of benzene rings is 2. The van der Waals surface area contributed by atoms with E-state index in [9.17, 15) is 4.79 Å². The average Bonchev–Trinajstić information content (AvgIpc) is 2.78. The Balaban J connectivity index is 2.20. The lowest BCUT2D eigenvalue weighted by Crippen LogP contribution is -2.04. The van der Waals surface area contributed by atoms with E-state index < -0.39 is 0 Å². The summed E-state index contributed by atoms with van der Waals surface area (Å²) in [5.41, 5.74) is 2.28. The van der Waals surface area contributed by atoms with E-state index >= 15 is 0 Å². The van der Waals surface area contributed by atoms with E-state index in [1.54, 1.807) is 10.9 Å². The molecule has 2 aromatic carbocycles. The normalized spacial score (nSPS) is 10.8. The van der Waals surface area contributed by atoms with Crippen molar-refractivity contribution < 1.29 is 4.79 Å². The summed E-state index contributed by atoms with van der Waals surface area (Å²) in [5.74, 6) is 0.0300. The molecule has 94 valence electrons. The van der Waals surface area contributed by atoms with Gasteiger partial charge in [0.2, 0.25) is 0 Å². The average molecular weight is 250 g/mol. The van der Waals surface area contributed by atoms with Crippen LogP contribution in [0.5, 0.6) is 0 Å². The van der Waals surface area contributed by atoms with Crippen LogP contribution < -0.4 is 0 Å². The van der Waals surface area contributed by atoms with E-state index in [1.165, 1.54) is 0 Å². The molecule has 19 heavy (non-hydrogen) atoms. The topological polar surface area (TPSA) is 34.9 Å². The highest BCUT2D eigenvalue weighted by Crippen LogP contribution is 2.22. The molecule has 0 fully saturated rings. The molecule has 1 aromatic heterocycles. The van der Waals surface area contributed by atoms with Gasteiger partial charge >= 0.3 is 0 Å². The van der Waals surface area contributed by atoms with Gasteiger partial charge in [0, 0.05) is 18.3 Å². The minimum absolute atomic E-state index is 0.0300. The lowest BCUT2D eigenvalue weighted by molar-refractivity contribution is 0.103. The molecule has 0 amide bonds. The van der Waals surface area contributed by atoms with Gasteiger partial charge in [-0.1, -0.05) is 42.5 Å². The highest BCUT2D eigenvalue weighted by atomic mass is 16.1. The zero-order valence-electron chi connectivity index (χ0n) is 10.9. The Morgan fingerprint density at radius 2 is 1.79 bits per heavy atom. The van der Waals surface area contributed by atoms with Crippen LogP contribution in [0.25, 0.3) is 10.8 Å². The van der Waals surface area contributed by atoms with Crippen LogP contribution in [0.3, 0.4) is 0 Å². The predicted octanol–water partition coefficient (Wildman–Crippen LogP) is 3.11. The fourth-order valence-corrected chi connectivity index (χ4v) is 2.29. The van der Waals surface area contributed by atoms with Crippen LogP contribution in [0.4, 0.5) is 0 Å². The lowest BCUT2D eigenvalue weighted by atomic mass is 9.98. The molecule has 0 aliphatic heterocycles. The molecule has 0 saturated carbocycles. The van der Waals surface area contributed by atoms with Gasteiger partial charge in [-0.3, -0.25) is 9.48 Å². The van der Waals surface area contributed by atoms with E-state index in [1.807, 2.05) is 56.4 Å². The maximum Gasteiger partial charge on any atom is 0.197 e. The third-order valence-corrected chi connectivity index (χ3v) is 3.51. The molecular formula is C16H14N2O. The van der Waals surface area contributed by atoms with E-state index in [0.717, 1.165) is 22.0 Å². The van der Waals surface area contributed by atoms with Crippen molar-refractivity contribution in [1.29, 1.82) is 0 Å². The van der Waals surface area contributed by atoms with Gasteiger partial charge in [0.1, 0.15) is 0 Å². The third-order valence-electron chi connectivity index (χ3n) is 3.51. The van der Waals surface area contributed by atoms with Crippen molar-refractivity contribution in [3.05, 3.63) is 65.5 Å². The van der Waals surface area contributed by atoms with Gasteiger partial charge in [-0.2, -0.15) is 5.10 Å². The summed E-state index contributed by atoms with van der Waals surface area (Å²) in [7, 11) is 1.84. The number of carbonyl (C=O) groups excluding carboxylic acids is 1. The Kier molecular flexibility index (Phi) is 2.67. The Bertz CT molecular complexity index is 766. The largest absolute Gasteiger partial charge is 0.288 e. The van der Waals surface area contributed by atoms with Crippen molar-refractivity contribution >= 4 is 16.6 Å². The number of fused-ring (bicyclic) bond motifs is 1.